The van der Waals surface area contributed by atoms with Gasteiger partial charge in [0.15, 0.2) is 0 Å². The number of amides is 1. The summed E-state index contributed by atoms with van der Waals surface area (Å²) < 4.78 is 0.608. The normalized spacial score (nSPS) is 10.6. The maximum absolute atomic E-state index is 12.0. The van der Waals surface area contributed by atoms with Gasteiger partial charge in [-0.15, -0.1) is 0 Å². The van der Waals surface area contributed by atoms with E-state index in [-0.39, 0.29) is 5.91 Å². The molecule has 0 aliphatic rings. The van der Waals surface area contributed by atoms with Gasteiger partial charge in [-0.1, -0.05) is 13.8 Å². The van der Waals surface area contributed by atoms with Crippen molar-refractivity contribution in [2.75, 3.05) is 13.6 Å². The highest BCUT2D eigenvalue weighted by molar-refractivity contribution is 9.10. The lowest BCUT2D eigenvalue weighted by Crippen LogP contribution is -2.28. The predicted molar refractivity (Wildman–Crippen MR) is 68.4 cm³/mol. The van der Waals surface area contributed by atoms with Crippen LogP contribution in [-0.4, -0.2) is 29.4 Å². The number of hydrogen-bond acceptors (Lipinski definition) is 2. The number of pyridine rings is 1. The summed E-state index contributed by atoms with van der Waals surface area (Å²) >= 11 is 3.29. The molecule has 0 aromatic carbocycles. The van der Waals surface area contributed by atoms with E-state index in [1.807, 2.05) is 7.05 Å². The van der Waals surface area contributed by atoms with Gasteiger partial charge in [-0.25, -0.2) is 4.98 Å². The molecule has 0 saturated carbocycles. The summed E-state index contributed by atoms with van der Waals surface area (Å²) in [5, 5.41) is 0. The fourth-order valence-corrected chi connectivity index (χ4v) is 1.72. The van der Waals surface area contributed by atoms with E-state index < -0.39 is 0 Å². The SMILES string of the molecule is CC(C)CCN(C)C(=O)c1cccnc1Br. The van der Waals surface area contributed by atoms with Gasteiger partial charge in [0.05, 0.1) is 5.56 Å². The van der Waals surface area contributed by atoms with Gasteiger partial charge in [-0.2, -0.15) is 0 Å². The van der Waals surface area contributed by atoms with E-state index >= 15 is 0 Å². The molecule has 0 saturated heterocycles. The third-order valence-corrected chi connectivity index (χ3v) is 3.01. The first-order chi connectivity index (χ1) is 7.52. The molecule has 16 heavy (non-hydrogen) atoms. The van der Waals surface area contributed by atoms with Crippen LogP contribution in [0.25, 0.3) is 0 Å². The fourth-order valence-electron chi connectivity index (χ4n) is 1.30. The smallest absolute Gasteiger partial charge is 0.256 e. The Kier molecular flexibility index (Phi) is 4.93. The molecule has 0 atom stereocenters. The second kappa shape index (κ2) is 5.99. The third-order valence-electron chi connectivity index (χ3n) is 2.38. The number of carbonyl (C=O) groups excluding carboxylic acids is 1. The maximum Gasteiger partial charge on any atom is 0.256 e. The first kappa shape index (κ1) is 13.2. The van der Waals surface area contributed by atoms with Crippen LogP contribution in [0.3, 0.4) is 0 Å². The van der Waals surface area contributed by atoms with Crippen molar-refractivity contribution in [1.29, 1.82) is 0 Å². The number of halogens is 1. The molecule has 1 heterocycles. The van der Waals surface area contributed by atoms with E-state index in [0.717, 1.165) is 13.0 Å². The van der Waals surface area contributed by atoms with E-state index in [2.05, 4.69) is 34.8 Å². The molecule has 3 nitrogen and oxygen atoms in total. The van der Waals surface area contributed by atoms with Crippen LogP contribution in [0.4, 0.5) is 0 Å². The molecular formula is C12H17BrN2O. The highest BCUT2D eigenvalue weighted by atomic mass is 79.9. The Bertz CT molecular complexity index is 366. The molecule has 0 bridgehead atoms. The summed E-state index contributed by atoms with van der Waals surface area (Å²) in [7, 11) is 1.82. The number of hydrogen-bond donors (Lipinski definition) is 0. The maximum atomic E-state index is 12.0. The van der Waals surface area contributed by atoms with Gasteiger partial charge in [0.1, 0.15) is 4.60 Å². The lowest BCUT2D eigenvalue weighted by Gasteiger charge is -2.18. The second-order valence-electron chi connectivity index (χ2n) is 4.25. The zero-order valence-electron chi connectivity index (χ0n) is 9.90. The molecule has 1 rings (SSSR count). The van der Waals surface area contributed by atoms with Crippen LogP contribution in [0, 0.1) is 5.92 Å². The molecule has 0 radical (unpaired) electrons. The lowest BCUT2D eigenvalue weighted by molar-refractivity contribution is 0.0788. The van der Waals surface area contributed by atoms with E-state index in [4.69, 9.17) is 0 Å². The zero-order valence-corrected chi connectivity index (χ0v) is 11.5. The van der Waals surface area contributed by atoms with Crippen molar-refractivity contribution < 1.29 is 4.79 Å². The summed E-state index contributed by atoms with van der Waals surface area (Å²) in [6.45, 7) is 5.08. The summed E-state index contributed by atoms with van der Waals surface area (Å²) in [6.07, 6.45) is 2.68. The average molecular weight is 285 g/mol. The van der Waals surface area contributed by atoms with Crippen LogP contribution >= 0.6 is 15.9 Å². The van der Waals surface area contributed by atoms with Gasteiger partial charge >= 0.3 is 0 Å². The number of rotatable bonds is 4. The molecule has 0 aliphatic heterocycles. The highest BCUT2D eigenvalue weighted by Crippen LogP contribution is 2.15. The lowest BCUT2D eigenvalue weighted by atomic mass is 10.1. The van der Waals surface area contributed by atoms with Gasteiger partial charge in [0.25, 0.3) is 5.91 Å². The van der Waals surface area contributed by atoms with Crippen molar-refractivity contribution in [3.05, 3.63) is 28.5 Å². The molecule has 0 fully saturated rings. The van der Waals surface area contributed by atoms with Crippen LogP contribution in [0.15, 0.2) is 22.9 Å². The van der Waals surface area contributed by atoms with Gasteiger partial charge in [-0.05, 0) is 40.4 Å². The van der Waals surface area contributed by atoms with Crippen molar-refractivity contribution in [3.8, 4) is 0 Å². The Balaban J connectivity index is 2.67. The number of carbonyl (C=O) groups is 1. The van der Waals surface area contributed by atoms with Crippen molar-refractivity contribution in [1.82, 2.24) is 9.88 Å². The van der Waals surface area contributed by atoms with E-state index in [1.165, 1.54) is 0 Å². The van der Waals surface area contributed by atoms with Crippen molar-refractivity contribution in [2.45, 2.75) is 20.3 Å². The van der Waals surface area contributed by atoms with Crippen molar-refractivity contribution >= 4 is 21.8 Å². The van der Waals surface area contributed by atoms with E-state index in [9.17, 15) is 4.79 Å². The van der Waals surface area contributed by atoms with Crippen LogP contribution < -0.4 is 0 Å². The summed E-state index contributed by atoms with van der Waals surface area (Å²) in [4.78, 5) is 17.8. The van der Waals surface area contributed by atoms with Crippen LogP contribution in [0.1, 0.15) is 30.6 Å². The Morgan fingerprint density at radius 2 is 2.25 bits per heavy atom. The Hall–Kier alpha value is -0.900. The molecule has 0 aliphatic carbocycles. The van der Waals surface area contributed by atoms with Crippen molar-refractivity contribution in [2.24, 2.45) is 5.92 Å². The third kappa shape index (κ3) is 3.59. The standard InChI is InChI=1S/C12H17BrN2O/c1-9(2)6-8-15(3)12(16)10-5-4-7-14-11(10)13/h4-5,7,9H,6,8H2,1-3H3. The number of aromatic nitrogens is 1. The molecular weight excluding hydrogens is 268 g/mol. The minimum absolute atomic E-state index is 0.0145. The summed E-state index contributed by atoms with van der Waals surface area (Å²) in [5.41, 5.74) is 0.619. The molecule has 1 aromatic rings. The summed E-state index contributed by atoms with van der Waals surface area (Å²) in [5.74, 6) is 0.619. The first-order valence-electron chi connectivity index (χ1n) is 5.38. The van der Waals surface area contributed by atoms with Crippen LogP contribution in [-0.2, 0) is 0 Å². The van der Waals surface area contributed by atoms with Gasteiger partial charge in [-0.3, -0.25) is 4.79 Å². The van der Waals surface area contributed by atoms with Crippen LogP contribution in [0.5, 0.6) is 0 Å². The molecule has 4 heteroatoms. The molecule has 1 amide bonds. The molecule has 1 aromatic heterocycles. The predicted octanol–water partition coefficient (Wildman–Crippen LogP) is 2.96. The Morgan fingerprint density at radius 1 is 1.56 bits per heavy atom. The zero-order chi connectivity index (χ0) is 12.1. The molecule has 0 unspecified atom stereocenters. The second-order valence-corrected chi connectivity index (χ2v) is 5.00. The molecule has 0 spiro atoms. The summed E-state index contributed by atoms with van der Waals surface area (Å²) in [6, 6.07) is 3.56. The Morgan fingerprint density at radius 3 is 2.81 bits per heavy atom. The molecule has 0 N–H and O–H groups in total. The quantitative estimate of drug-likeness (QED) is 0.797. The average Bonchev–Trinajstić information content (AvgIpc) is 2.25. The van der Waals surface area contributed by atoms with Crippen LogP contribution in [0.2, 0.25) is 0 Å². The first-order valence-corrected chi connectivity index (χ1v) is 6.17. The van der Waals surface area contributed by atoms with Gasteiger partial charge in [0.2, 0.25) is 0 Å². The number of nitrogens with zero attached hydrogens (tertiary/aromatic N) is 2. The van der Waals surface area contributed by atoms with E-state index in [1.54, 1.807) is 23.2 Å². The monoisotopic (exact) mass is 284 g/mol. The van der Waals surface area contributed by atoms with Gasteiger partial charge in [0, 0.05) is 19.8 Å². The van der Waals surface area contributed by atoms with Gasteiger partial charge < -0.3 is 4.90 Å². The minimum Gasteiger partial charge on any atom is -0.342 e. The fraction of sp³-hybridized carbons (Fsp3) is 0.500. The Labute approximate surface area is 105 Å². The largest absolute Gasteiger partial charge is 0.342 e. The highest BCUT2D eigenvalue weighted by Gasteiger charge is 2.14. The molecule has 88 valence electrons. The van der Waals surface area contributed by atoms with E-state index in [0.29, 0.717) is 16.1 Å². The topological polar surface area (TPSA) is 33.2 Å². The minimum atomic E-state index is 0.0145. The van der Waals surface area contributed by atoms with Crippen molar-refractivity contribution in [3.63, 3.8) is 0 Å².